The van der Waals surface area contributed by atoms with Gasteiger partial charge in [0.2, 0.25) is 0 Å². The van der Waals surface area contributed by atoms with Crippen molar-refractivity contribution in [2.24, 2.45) is 5.10 Å². The van der Waals surface area contributed by atoms with Gasteiger partial charge in [-0.05, 0) is 76.1 Å². The van der Waals surface area contributed by atoms with Gasteiger partial charge in [-0.1, -0.05) is 12.1 Å². The van der Waals surface area contributed by atoms with Crippen LogP contribution in [0.2, 0.25) is 0 Å². The molecule has 0 saturated heterocycles. The smallest absolute Gasteiger partial charge is 0.344 e. The highest BCUT2D eigenvalue weighted by Gasteiger charge is 2.12. The van der Waals surface area contributed by atoms with E-state index in [-0.39, 0.29) is 0 Å². The van der Waals surface area contributed by atoms with Gasteiger partial charge in [-0.3, -0.25) is 4.79 Å². The Bertz CT molecular complexity index is 1110. The van der Waals surface area contributed by atoms with Gasteiger partial charge >= 0.3 is 5.97 Å². The van der Waals surface area contributed by atoms with E-state index in [1.165, 1.54) is 20.4 Å². The maximum absolute atomic E-state index is 12.3. The van der Waals surface area contributed by atoms with Crippen LogP contribution < -0.4 is 19.6 Å². The van der Waals surface area contributed by atoms with Gasteiger partial charge in [0.25, 0.3) is 5.91 Å². The summed E-state index contributed by atoms with van der Waals surface area (Å²) in [5.41, 5.74) is 3.99. The summed E-state index contributed by atoms with van der Waals surface area (Å²) in [5.74, 6) is 0.522. The van der Waals surface area contributed by atoms with Gasteiger partial charge in [-0.2, -0.15) is 5.10 Å². The van der Waals surface area contributed by atoms with Crippen LogP contribution in [-0.2, 0) is 0 Å². The number of ether oxygens (including phenoxy) is 3. The minimum atomic E-state index is -0.462. The summed E-state index contributed by atoms with van der Waals surface area (Å²) >= 11 is 3.33. The second-order valence-electron chi connectivity index (χ2n) is 6.21. The standard InChI is InChI=1S/C23H19BrN2O5/c1-29-20-12-9-16(13-21(20)30-2)22(27)26-25-14-15-7-10-17(11-8-15)31-23(28)18-5-3-4-6-19(18)24/h3-14H,1-2H3,(H,26,27). The van der Waals surface area contributed by atoms with Crippen molar-refractivity contribution in [3.05, 3.63) is 87.9 Å². The van der Waals surface area contributed by atoms with E-state index in [0.717, 1.165) is 0 Å². The molecule has 1 amide bonds. The van der Waals surface area contributed by atoms with Gasteiger partial charge in [0.05, 0.1) is 26.0 Å². The number of carbonyl (C=O) groups is 2. The third-order valence-electron chi connectivity index (χ3n) is 4.21. The number of rotatable bonds is 7. The highest BCUT2D eigenvalue weighted by atomic mass is 79.9. The quantitative estimate of drug-likeness (QED) is 0.232. The first-order chi connectivity index (χ1) is 15.0. The lowest BCUT2D eigenvalue weighted by atomic mass is 10.2. The van der Waals surface area contributed by atoms with Crippen molar-refractivity contribution in [3.8, 4) is 17.2 Å². The third-order valence-corrected chi connectivity index (χ3v) is 4.90. The molecule has 0 unspecified atom stereocenters. The molecule has 0 aromatic heterocycles. The Kier molecular flexibility index (Phi) is 7.40. The van der Waals surface area contributed by atoms with Crippen LogP contribution in [0.1, 0.15) is 26.3 Å². The first-order valence-corrected chi connectivity index (χ1v) is 9.93. The molecule has 0 spiro atoms. The molecule has 3 aromatic rings. The summed E-state index contributed by atoms with van der Waals surface area (Å²) in [5, 5.41) is 3.96. The van der Waals surface area contributed by atoms with Gasteiger partial charge in [0, 0.05) is 10.0 Å². The number of carbonyl (C=O) groups excluding carboxylic acids is 2. The highest BCUT2D eigenvalue weighted by Crippen LogP contribution is 2.27. The zero-order chi connectivity index (χ0) is 22.2. The Balaban J connectivity index is 1.59. The van der Waals surface area contributed by atoms with E-state index in [4.69, 9.17) is 14.2 Å². The van der Waals surface area contributed by atoms with Crippen molar-refractivity contribution in [1.29, 1.82) is 0 Å². The zero-order valence-electron chi connectivity index (χ0n) is 16.8. The molecule has 158 valence electrons. The van der Waals surface area contributed by atoms with Gasteiger partial charge in [0.15, 0.2) is 11.5 Å². The van der Waals surface area contributed by atoms with E-state index in [0.29, 0.717) is 38.4 Å². The highest BCUT2D eigenvalue weighted by molar-refractivity contribution is 9.10. The van der Waals surface area contributed by atoms with E-state index in [9.17, 15) is 9.59 Å². The molecule has 0 bridgehead atoms. The van der Waals surface area contributed by atoms with E-state index >= 15 is 0 Å². The monoisotopic (exact) mass is 482 g/mol. The molecule has 0 aliphatic rings. The number of esters is 1. The van der Waals surface area contributed by atoms with Crippen LogP contribution in [0.25, 0.3) is 0 Å². The fourth-order valence-electron chi connectivity index (χ4n) is 2.62. The number of nitrogens with one attached hydrogen (secondary N) is 1. The summed E-state index contributed by atoms with van der Waals surface area (Å²) < 4.78 is 16.4. The fraction of sp³-hybridized carbons (Fsp3) is 0.0870. The molecule has 3 aromatic carbocycles. The predicted octanol–water partition coefficient (Wildman–Crippen LogP) is 4.45. The van der Waals surface area contributed by atoms with Gasteiger partial charge in [-0.15, -0.1) is 0 Å². The number of benzene rings is 3. The van der Waals surface area contributed by atoms with Crippen molar-refractivity contribution in [3.63, 3.8) is 0 Å². The van der Waals surface area contributed by atoms with Gasteiger partial charge in [0.1, 0.15) is 5.75 Å². The summed E-state index contributed by atoms with van der Waals surface area (Å²) in [6, 6.07) is 18.6. The van der Waals surface area contributed by atoms with Crippen LogP contribution >= 0.6 is 15.9 Å². The fourth-order valence-corrected chi connectivity index (χ4v) is 3.06. The molecule has 31 heavy (non-hydrogen) atoms. The number of hydrogen-bond acceptors (Lipinski definition) is 6. The second-order valence-corrected chi connectivity index (χ2v) is 7.06. The number of amides is 1. The molecule has 8 heteroatoms. The minimum Gasteiger partial charge on any atom is -0.493 e. The predicted molar refractivity (Wildman–Crippen MR) is 120 cm³/mol. The first-order valence-electron chi connectivity index (χ1n) is 9.14. The Morgan fingerprint density at radius 3 is 2.32 bits per heavy atom. The summed E-state index contributed by atoms with van der Waals surface area (Å²) in [7, 11) is 3.02. The Labute approximate surface area is 187 Å². The Morgan fingerprint density at radius 2 is 1.65 bits per heavy atom. The average molecular weight is 483 g/mol. The second kappa shape index (κ2) is 10.4. The molecule has 3 rings (SSSR count). The number of hydrogen-bond donors (Lipinski definition) is 1. The van der Waals surface area contributed by atoms with E-state index in [2.05, 4.69) is 26.5 Å². The molecule has 0 aliphatic heterocycles. The van der Waals surface area contributed by atoms with Crippen LogP contribution in [0.5, 0.6) is 17.2 Å². The van der Waals surface area contributed by atoms with Crippen molar-refractivity contribution in [2.45, 2.75) is 0 Å². The van der Waals surface area contributed by atoms with E-state index < -0.39 is 11.9 Å². The Morgan fingerprint density at radius 1 is 0.935 bits per heavy atom. The topological polar surface area (TPSA) is 86.2 Å². The lowest BCUT2D eigenvalue weighted by Crippen LogP contribution is -2.17. The maximum Gasteiger partial charge on any atom is 0.344 e. The number of hydrazone groups is 1. The molecular weight excluding hydrogens is 464 g/mol. The first kappa shape index (κ1) is 22.0. The lowest BCUT2D eigenvalue weighted by molar-refractivity contribution is 0.0733. The largest absolute Gasteiger partial charge is 0.493 e. The number of halogens is 1. The van der Waals surface area contributed by atoms with Crippen LogP contribution in [0, 0.1) is 0 Å². The number of methoxy groups -OCH3 is 2. The molecule has 1 N–H and O–H groups in total. The molecule has 0 saturated carbocycles. The van der Waals surface area contributed by atoms with E-state index in [1.807, 2.05) is 6.07 Å². The SMILES string of the molecule is COc1ccc(C(=O)NN=Cc2ccc(OC(=O)c3ccccc3Br)cc2)cc1OC. The average Bonchev–Trinajstić information content (AvgIpc) is 2.79. The van der Waals surface area contributed by atoms with Gasteiger partial charge < -0.3 is 14.2 Å². The molecule has 0 aliphatic carbocycles. The summed E-state index contributed by atoms with van der Waals surface area (Å²) in [6.45, 7) is 0. The zero-order valence-corrected chi connectivity index (χ0v) is 18.4. The lowest BCUT2D eigenvalue weighted by Gasteiger charge is -2.08. The number of nitrogens with zero attached hydrogens (tertiary/aromatic N) is 1. The van der Waals surface area contributed by atoms with Crippen LogP contribution in [0.3, 0.4) is 0 Å². The molecule has 7 nitrogen and oxygen atoms in total. The van der Waals surface area contributed by atoms with Crippen molar-refractivity contribution < 1.29 is 23.8 Å². The summed E-state index contributed by atoms with van der Waals surface area (Å²) in [6.07, 6.45) is 1.48. The normalized spacial score (nSPS) is 10.5. The molecule has 0 atom stereocenters. The molecule has 0 fully saturated rings. The minimum absolute atomic E-state index is 0.379. The van der Waals surface area contributed by atoms with Crippen LogP contribution in [0.15, 0.2) is 76.3 Å². The Hall–Kier alpha value is -3.65. The molecule has 0 radical (unpaired) electrons. The third kappa shape index (κ3) is 5.70. The van der Waals surface area contributed by atoms with Crippen LogP contribution in [0.4, 0.5) is 0 Å². The van der Waals surface area contributed by atoms with E-state index in [1.54, 1.807) is 60.7 Å². The summed E-state index contributed by atoms with van der Waals surface area (Å²) in [4.78, 5) is 24.5. The molecular formula is C23H19BrN2O5. The van der Waals surface area contributed by atoms with Crippen molar-refractivity contribution in [1.82, 2.24) is 5.43 Å². The maximum atomic E-state index is 12.3. The molecule has 0 heterocycles. The van der Waals surface area contributed by atoms with Crippen LogP contribution in [-0.4, -0.2) is 32.3 Å². The van der Waals surface area contributed by atoms with Crippen molar-refractivity contribution in [2.75, 3.05) is 14.2 Å². The van der Waals surface area contributed by atoms with Crippen molar-refractivity contribution >= 4 is 34.0 Å². The van der Waals surface area contributed by atoms with Gasteiger partial charge in [-0.25, -0.2) is 10.2 Å².